The van der Waals surface area contributed by atoms with Crippen LogP contribution in [-0.4, -0.2) is 17.1 Å². The smallest absolute Gasteiger partial charge is 0.137 e. The number of methoxy groups -OCH3 is 1. The third-order valence-corrected chi connectivity index (χ3v) is 3.89. The van der Waals surface area contributed by atoms with Gasteiger partial charge in [-0.2, -0.15) is 0 Å². The fourth-order valence-electron chi connectivity index (χ4n) is 2.48. The van der Waals surface area contributed by atoms with E-state index in [9.17, 15) is 0 Å². The van der Waals surface area contributed by atoms with Crippen LogP contribution >= 0.6 is 0 Å². The molecule has 0 atom stereocenters. The fourth-order valence-corrected chi connectivity index (χ4v) is 2.48. The fraction of sp³-hybridized carbons (Fsp3) is 0.300. The van der Waals surface area contributed by atoms with E-state index in [0.717, 1.165) is 28.3 Å². The molecule has 1 heterocycles. The van der Waals surface area contributed by atoms with Crippen molar-refractivity contribution in [2.24, 2.45) is 0 Å². The number of benzene rings is 2. The van der Waals surface area contributed by atoms with E-state index in [-0.39, 0.29) is 5.41 Å². The van der Waals surface area contributed by atoms with Crippen molar-refractivity contribution in [2.45, 2.75) is 32.7 Å². The third kappa shape index (κ3) is 3.48. The minimum absolute atomic E-state index is 0.0967. The van der Waals surface area contributed by atoms with E-state index < -0.39 is 0 Å². The summed E-state index contributed by atoms with van der Waals surface area (Å²) in [4.78, 5) is 9.49. The van der Waals surface area contributed by atoms with Gasteiger partial charge in [-0.3, -0.25) is 0 Å². The quantitative estimate of drug-likeness (QED) is 0.766. The predicted octanol–water partition coefficient (Wildman–Crippen LogP) is 4.55. The van der Waals surface area contributed by atoms with Gasteiger partial charge in [0.15, 0.2) is 0 Å². The zero-order valence-corrected chi connectivity index (χ0v) is 14.6. The minimum atomic E-state index is -0.0967. The molecule has 0 radical (unpaired) electrons. The summed E-state index contributed by atoms with van der Waals surface area (Å²) in [5.74, 6) is 2.58. The van der Waals surface area contributed by atoms with Gasteiger partial charge in [-0.15, -0.1) is 0 Å². The van der Waals surface area contributed by atoms with Crippen molar-refractivity contribution in [3.05, 3.63) is 59.9 Å². The molecule has 0 aliphatic rings. The maximum absolute atomic E-state index is 5.20. The number of nitrogens with one attached hydrogen (secondary N) is 1. The van der Waals surface area contributed by atoms with Crippen molar-refractivity contribution < 1.29 is 4.74 Å². The highest BCUT2D eigenvalue weighted by molar-refractivity contribution is 5.89. The average molecular weight is 321 g/mol. The van der Waals surface area contributed by atoms with E-state index in [1.54, 1.807) is 7.11 Å². The molecule has 0 amide bonds. The number of fused-ring (bicyclic) bond motifs is 1. The highest BCUT2D eigenvalue weighted by atomic mass is 16.5. The Balaban J connectivity index is 1.92. The van der Waals surface area contributed by atoms with E-state index >= 15 is 0 Å². The Kier molecular flexibility index (Phi) is 4.38. The average Bonchev–Trinajstić information content (AvgIpc) is 2.59. The van der Waals surface area contributed by atoms with Crippen LogP contribution in [0.4, 0.5) is 5.82 Å². The monoisotopic (exact) mass is 321 g/mol. The molecular weight excluding hydrogens is 298 g/mol. The first-order chi connectivity index (χ1) is 11.5. The number of aromatic nitrogens is 2. The molecule has 4 heteroatoms. The molecule has 3 aromatic rings. The topological polar surface area (TPSA) is 47.0 Å². The molecule has 0 spiro atoms. The number of nitrogens with zero attached hydrogens (tertiary/aromatic N) is 2. The maximum atomic E-state index is 5.20. The molecule has 24 heavy (non-hydrogen) atoms. The van der Waals surface area contributed by atoms with E-state index in [0.29, 0.717) is 6.54 Å². The first-order valence-electron chi connectivity index (χ1n) is 8.11. The highest BCUT2D eigenvalue weighted by Crippen LogP contribution is 2.26. The SMILES string of the molecule is COc1ccc(CNc2nc(C(C)(C)C)nc3ccccc23)cc1. The maximum Gasteiger partial charge on any atom is 0.137 e. The largest absolute Gasteiger partial charge is 0.497 e. The van der Waals surface area contributed by atoms with Gasteiger partial charge in [0.05, 0.1) is 12.6 Å². The van der Waals surface area contributed by atoms with Crippen molar-refractivity contribution in [3.8, 4) is 5.75 Å². The molecule has 4 nitrogen and oxygen atoms in total. The van der Waals surface area contributed by atoms with E-state index in [1.165, 1.54) is 5.56 Å². The number of para-hydroxylation sites is 1. The van der Waals surface area contributed by atoms with E-state index in [4.69, 9.17) is 14.7 Å². The lowest BCUT2D eigenvalue weighted by Crippen LogP contribution is -2.17. The standard InChI is InChI=1S/C20H23N3O/c1-20(2,3)19-22-17-8-6-5-7-16(17)18(23-19)21-13-14-9-11-15(24-4)12-10-14/h5-12H,13H2,1-4H3,(H,21,22,23). The number of hydrogen-bond donors (Lipinski definition) is 1. The number of rotatable bonds is 4. The molecule has 124 valence electrons. The lowest BCUT2D eigenvalue weighted by atomic mass is 9.95. The van der Waals surface area contributed by atoms with Gasteiger partial charge in [0.25, 0.3) is 0 Å². The zero-order valence-electron chi connectivity index (χ0n) is 14.6. The first-order valence-corrected chi connectivity index (χ1v) is 8.11. The molecular formula is C20H23N3O. The Morgan fingerprint density at radius 3 is 2.33 bits per heavy atom. The molecule has 0 unspecified atom stereocenters. The van der Waals surface area contributed by atoms with Gasteiger partial charge in [0.2, 0.25) is 0 Å². The summed E-state index contributed by atoms with van der Waals surface area (Å²) < 4.78 is 5.20. The van der Waals surface area contributed by atoms with Crippen LogP contribution in [0, 0.1) is 0 Å². The Bertz CT molecular complexity index is 836. The minimum Gasteiger partial charge on any atom is -0.497 e. The summed E-state index contributed by atoms with van der Waals surface area (Å²) in [5.41, 5.74) is 2.05. The summed E-state index contributed by atoms with van der Waals surface area (Å²) in [6.07, 6.45) is 0. The van der Waals surface area contributed by atoms with Crippen molar-refractivity contribution >= 4 is 16.7 Å². The molecule has 0 aliphatic heterocycles. The van der Waals surface area contributed by atoms with E-state index in [1.807, 2.05) is 30.3 Å². The second-order valence-electron chi connectivity index (χ2n) is 6.86. The van der Waals surface area contributed by atoms with Crippen LogP contribution in [-0.2, 0) is 12.0 Å². The van der Waals surface area contributed by atoms with Gasteiger partial charge in [-0.25, -0.2) is 9.97 Å². The number of hydrogen-bond acceptors (Lipinski definition) is 4. The summed E-state index contributed by atoms with van der Waals surface area (Å²) in [7, 11) is 1.67. The van der Waals surface area contributed by atoms with Crippen LogP contribution in [0.25, 0.3) is 10.9 Å². The second kappa shape index (κ2) is 6.48. The third-order valence-electron chi connectivity index (χ3n) is 3.89. The van der Waals surface area contributed by atoms with Crippen LogP contribution < -0.4 is 10.1 Å². The molecule has 0 fully saturated rings. The second-order valence-corrected chi connectivity index (χ2v) is 6.86. The molecule has 1 aromatic heterocycles. The molecule has 0 aliphatic carbocycles. The van der Waals surface area contributed by atoms with E-state index in [2.05, 4.69) is 44.3 Å². The molecule has 0 saturated heterocycles. The summed E-state index contributed by atoms with van der Waals surface area (Å²) in [5, 5.41) is 4.50. The van der Waals surface area contributed by atoms with Crippen LogP contribution in [0.3, 0.4) is 0 Å². The molecule has 0 bridgehead atoms. The predicted molar refractivity (Wildman–Crippen MR) is 98.6 cm³/mol. The van der Waals surface area contributed by atoms with Gasteiger partial charge in [0, 0.05) is 17.3 Å². The van der Waals surface area contributed by atoms with Gasteiger partial charge >= 0.3 is 0 Å². The lowest BCUT2D eigenvalue weighted by molar-refractivity contribution is 0.414. The van der Waals surface area contributed by atoms with Gasteiger partial charge in [-0.1, -0.05) is 45.0 Å². The summed E-state index contributed by atoms with van der Waals surface area (Å²) in [6.45, 7) is 7.09. The normalized spacial score (nSPS) is 11.5. The van der Waals surface area contributed by atoms with Crippen LogP contribution in [0.2, 0.25) is 0 Å². The summed E-state index contributed by atoms with van der Waals surface area (Å²) in [6, 6.07) is 16.2. The van der Waals surface area contributed by atoms with Crippen molar-refractivity contribution in [3.63, 3.8) is 0 Å². The number of anilines is 1. The van der Waals surface area contributed by atoms with Crippen LogP contribution in [0.5, 0.6) is 5.75 Å². The highest BCUT2D eigenvalue weighted by Gasteiger charge is 2.19. The van der Waals surface area contributed by atoms with Gasteiger partial charge in [0.1, 0.15) is 17.4 Å². The molecule has 1 N–H and O–H groups in total. The van der Waals surface area contributed by atoms with Gasteiger partial charge < -0.3 is 10.1 Å². The summed E-state index contributed by atoms with van der Waals surface area (Å²) >= 11 is 0. The first kappa shape index (κ1) is 16.2. The van der Waals surface area contributed by atoms with Crippen LogP contribution in [0.1, 0.15) is 32.2 Å². The van der Waals surface area contributed by atoms with Gasteiger partial charge in [-0.05, 0) is 29.8 Å². The molecule has 0 saturated carbocycles. The zero-order chi connectivity index (χ0) is 17.2. The lowest BCUT2D eigenvalue weighted by Gasteiger charge is -2.19. The van der Waals surface area contributed by atoms with Crippen molar-refractivity contribution in [2.75, 3.05) is 12.4 Å². The Hall–Kier alpha value is -2.62. The van der Waals surface area contributed by atoms with Crippen molar-refractivity contribution in [1.82, 2.24) is 9.97 Å². The molecule has 2 aromatic carbocycles. The molecule has 3 rings (SSSR count). The Morgan fingerprint density at radius 2 is 1.67 bits per heavy atom. The van der Waals surface area contributed by atoms with Crippen molar-refractivity contribution in [1.29, 1.82) is 0 Å². The Morgan fingerprint density at radius 1 is 0.958 bits per heavy atom. The van der Waals surface area contributed by atoms with Crippen LogP contribution in [0.15, 0.2) is 48.5 Å². The Labute approximate surface area is 142 Å². The number of ether oxygens (including phenoxy) is 1.